The molecular formula is C20H26N4O. The van der Waals surface area contributed by atoms with Crippen LogP contribution in [0.4, 0.5) is 4.79 Å². The normalized spacial score (nSPS) is 33.4. The van der Waals surface area contributed by atoms with Crippen LogP contribution in [-0.2, 0) is 6.42 Å². The van der Waals surface area contributed by atoms with Crippen molar-refractivity contribution in [2.75, 3.05) is 26.5 Å². The van der Waals surface area contributed by atoms with E-state index in [0.29, 0.717) is 27.6 Å². The van der Waals surface area contributed by atoms with Crippen molar-refractivity contribution in [3.05, 3.63) is 41.6 Å². The Bertz CT molecular complexity index is 1300. The molecule has 0 unspecified atom stereocenters. The Balaban J connectivity index is 1.80. The molecule has 2 atom stereocenters. The molecular weight excluding hydrogens is 312 g/mol. The lowest BCUT2D eigenvalue weighted by atomic mass is 9.81. The van der Waals surface area contributed by atoms with Gasteiger partial charge in [-0.05, 0) is 49.9 Å². The van der Waals surface area contributed by atoms with Gasteiger partial charge in [0, 0.05) is 60.5 Å². The van der Waals surface area contributed by atoms with E-state index in [-0.39, 0.29) is 19.1 Å². The molecule has 2 aliphatic rings. The van der Waals surface area contributed by atoms with Crippen LogP contribution in [0.15, 0.2) is 30.4 Å². The van der Waals surface area contributed by atoms with Crippen molar-refractivity contribution in [2.45, 2.75) is 32.2 Å². The van der Waals surface area contributed by atoms with E-state index in [1.54, 1.807) is 18.2 Å². The van der Waals surface area contributed by atoms with Gasteiger partial charge in [-0.25, -0.2) is 4.79 Å². The lowest BCUT2D eigenvalue weighted by molar-refractivity contribution is 0.193. The van der Waals surface area contributed by atoms with E-state index in [1.807, 2.05) is 0 Å². The molecule has 25 heavy (non-hydrogen) atoms. The Morgan fingerprint density at radius 1 is 1.52 bits per heavy atom. The summed E-state index contributed by atoms with van der Waals surface area (Å²) >= 11 is 0. The van der Waals surface area contributed by atoms with Crippen LogP contribution in [-0.4, -0.2) is 59.4 Å². The highest BCUT2D eigenvalue weighted by atomic mass is 16.2. The summed E-state index contributed by atoms with van der Waals surface area (Å²) < 4.78 is 110. The number of carbonyl (C=O) groups is 1. The molecule has 1 aromatic heterocycles. The summed E-state index contributed by atoms with van der Waals surface area (Å²) in [5.74, 6) is 0. The predicted octanol–water partition coefficient (Wildman–Crippen LogP) is 2.84. The highest BCUT2D eigenvalue weighted by Crippen LogP contribution is 2.39. The molecule has 0 spiro atoms. The molecule has 0 bridgehead atoms. The van der Waals surface area contributed by atoms with Gasteiger partial charge in [-0.3, -0.25) is 4.90 Å². The van der Waals surface area contributed by atoms with Gasteiger partial charge in [0.25, 0.3) is 0 Å². The maximum absolute atomic E-state index is 13.3. The van der Waals surface area contributed by atoms with Crippen molar-refractivity contribution in [3.8, 4) is 0 Å². The first-order chi connectivity index (χ1) is 17.6. The smallest absolute Gasteiger partial charge is 0.317 e. The molecule has 5 nitrogen and oxygen atoms in total. The molecule has 1 aliphatic heterocycles. The van der Waals surface area contributed by atoms with Gasteiger partial charge in [0.2, 0.25) is 0 Å². The zero-order valence-corrected chi connectivity index (χ0v) is 13.2. The minimum Gasteiger partial charge on any atom is -0.361 e. The fourth-order valence-electron chi connectivity index (χ4n) is 3.59. The first-order valence-corrected chi connectivity index (χ1v) is 7.79. The number of rotatable bonds is 3. The highest BCUT2D eigenvalue weighted by molar-refractivity contribution is 5.98. The molecule has 0 saturated carbocycles. The molecule has 132 valence electrons. The second kappa shape index (κ2) is 6.23. The predicted molar refractivity (Wildman–Crippen MR) is 102 cm³/mol. The number of aromatic nitrogens is 1. The molecule has 2 aromatic rings. The lowest BCUT2D eigenvalue weighted by Gasteiger charge is -2.40. The standard InChI is InChI=1S/C20H26N4O/c1-4-24(5-2)20(25)22-14-10-16-15-7-6-8-17-19(15)13(11-21-17)9-18(16)23(3)12-14/h6-8,10-11,14,18,21H,4-5,9,12H2,1-3H3,(H,22,25)/t14-,18+/m0/s1/i1D3,2D3,3D3,4D2,5D2,11D. The number of hydrogen-bond acceptors (Lipinski definition) is 2. The second-order valence-corrected chi connectivity index (χ2v) is 6.07. The van der Waals surface area contributed by atoms with Gasteiger partial charge < -0.3 is 15.2 Å². The zero-order chi connectivity index (χ0) is 29.5. The summed E-state index contributed by atoms with van der Waals surface area (Å²) in [4.78, 5) is 16.9. The van der Waals surface area contributed by atoms with Gasteiger partial charge in [0.05, 0.1) is 7.41 Å². The molecule has 2 N–H and O–H groups in total. The second-order valence-electron chi connectivity index (χ2n) is 6.07. The van der Waals surface area contributed by atoms with Gasteiger partial charge >= 0.3 is 6.03 Å². The summed E-state index contributed by atoms with van der Waals surface area (Å²) in [6, 6.07) is 1.61. The van der Waals surface area contributed by atoms with Crippen LogP contribution in [0.2, 0.25) is 0 Å². The summed E-state index contributed by atoms with van der Waals surface area (Å²) in [6.07, 6.45) is 1.84. The first kappa shape index (κ1) is 6.80. The maximum Gasteiger partial charge on any atom is 0.317 e. The molecule has 2 amide bonds. The summed E-state index contributed by atoms with van der Waals surface area (Å²) in [7, 11) is 0. The van der Waals surface area contributed by atoms with Crippen LogP contribution in [0.3, 0.4) is 0 Å². The Labute approximate surface area is 168 Å². The molecule has 0 radical (unpaired) electrons. The van der Waals surface area contributed by atoms with Crippen LogP contribution in [0.1, 0.15) is 44.0 Å². The average molecular weight is 353 g/mol. The van der Waals surface area contributed by atoms with Crippen molar-refractivity contribution in [1.82, 2.24) is 20.1 Å². The minimum absolute atomic E-state index is 0.145. The number of benzene rings is 1. The highest BCUT2D eigenvalue weighted by Gasteiger charge is 2.34. The number of carbonyl (C=O) groups excluding carboxylic acids is 1. The van der Waals surface area contributed by atoms with Gasteiger partial charge in [-0.1, -0.05) is 18.2 Å². The van der Waals surface area contributed by atoms with Gasteiger partial charge in [-0.15, -0.1) is 0 Å². The zero-order valence-electron chi connectivity index (χ0n) is 27.2. The van der Waals surface area contributed by atoms with Crippen molar-refractivity contribution < 1.29 is 24.0 Å². The molecule has 4 rings (SSSR count). The van der Waals surface area contributed by atoms with Crippen LogP contribution in [0.5, 0.6) is 0 Å². The van der Waals surface area contributed by atoms with E-state index < -0.39 is 56.7 Å². The third-order valence-corrected chi connectivity index (χ3v) is 4.67. The number of hydrogen-bond donors (Lipinski definition) is 2. The van der Waals surface area contributed by atoms with Crippen molar-refractivity contribution in [3.63, 3.8) is 0 Å². The largest absolute Gasteiger partial charge is 0.361 e. The van der Waals surface area contributed by atoms with Crippen molar-refractivity contribution in [2.24, 2.45) is 0 Å². The van der Waals surface area contributed by atoms with Crippen LogP contribution >= 0.6 is 0 Å². The van der Waals surface area contributed by atoms with E-state index in [9.17, 15) is 4.79 Å². The molecule has 1 aliphatic carbocycles. The Morgan fingerprint density at radius 3 is 3.20 bits per heavy atom. The average Bonchev–Trinajstić information content (AvgIpc) is 3.07. The van der Waals surface area contributed by atoms with E-state index in [0.717, 1.165) is 4.90 Å². The Morgan fingerprint density at radius 2 is 2.40 bits per heavy atom. The minimum atomic E-state index is -3.75. The summed E-state index contributed by atoms with van der Waals surface area (Å²) in [5, 5.41) is 2.98. The molecule has 1 aromatic carbocycles. The number of likely N-dealkylation sites (N-methyl/N-ethyl adjacent to an activating group) is 1. The van der Waals surface area contributed by atoms with E-state index >= 15 is 0 Å². The van der Waals surface area contributed by atoms with Gasteiger partial charge in [0.15, 0.2) is 0 Å². The molecule has 0 saturated heterocycles. The number of fused-ring (bicyclic) bond motifs is 2. The number of urea groups is 1. The number of nitrogens with zero attached hydrogens (tertiary/aromatic N) is 2. The SMILES string of the molecule is [2H]c1[nH]c2cccc3c2c1C[C@@H]1C3=C[C@H](NC(=O)N(C([2H])([2H])C([2H])([2H])[2H])C([2H])([2H])C([2H])([2H])[2H])CN1C([2H])([2H])[2H]. The van der Waals surface area contributed by atoms with E-state index in [4.69, 9.17) is 19.2 Å². The number of amides is 2. The van der Waals surface area contributed by atoms with Crippen LogP contribution in [0, 0.1) is 0 Å². The number of H-pyrrole nitrogens is 1. The van der Waals surface area contributed by atoms with Crippen LogP contribution in [0.25, 0.3) is 16.5 Å². The van der Waals surface area contributed by atoms with Gasteiger partial charge in [0.1, 0.15) is 0 Å². The van der Waals surface area contributed by atoms with E-state index in [2.05, 4.69) is 10.3 Å². The van der Waals surface area contributed by atoms with E-state index in [1.165, 1.54) is 6.08 Å². The Hall–Kier alpha value is -2.27. The topological polar surface area (TPSA) is 51.4 Å². The quantitative estimate of drug-likeness (QED) is 0.892. The van der Waals surface area contributed by atoms with Crippen molar-refractivity contribution >= 4 is 22.5 Å². The number of nitrogens with one attached hydrogen (secondary N) is 2. The maximum atomic E-state index is 13.3. The molecule has 5 heteroatoms. The third kappa shape index (κ3) is 2.63. The number of aromatic amines is 1. The third-order valence-electron chi connectivity index (χ3n) is 4.67. The van der Waals surface area contributed by atoms with Crippen molar-refractivity contribution in [1.29, 1.82) is 0 Å². The summed E-state index contributed by atoms with van der Waals surface area (Å²) in [5.41, 5.74) is 2.38. The lowest BCUT2D eigenvalue weighted by Crippen LogP contribution is -2.52. The molecule has 2 heterocycles. The first-order valence-electron chi connectivity index (χ1n) is 14.8. The fourth-order valence-corrected chi connectivity index (χ4v) is 3.59. The fraction of sp³-hybridized carbons (Fsp3) is 0.450. The van der Waals surface area contributed by atoms with Gasteiger partial charge in [-0.2, -0.15) is 0 Å². The Kier molecular flexibility index (Phi) is 1.69. The molecule has 0 fully saturated rings. The van der Waals surface area contributed by atoms with Crippen LogP contribution < -0.4 is 5.32 Å². The monoisotopic (exact) mass is 352 g/mol. The summed E-state index contributed by atoms with van der Waals surface area (Å²) in [6.45, 7) is -17.8.